The van der Waals surface area contributed by atoms with Crippen molar-refractivity contribution in [3.8, 4) is 0 Å². The van der Waals surface area contributed by atoms with E-state index in [1.807, 2.05) is 5.38 Å². The number of rotatable bonds is 3. The summed E-state index contributed by atoms with van der Waals surface area (Å²) in [6.45, 7) is 1.39. The van der Waals surface area contributed by atoms with E-state index in [2.05, 4.69) is 0 Å². The summed E-state index contributed by atoms with van der Waals surface area (Å²) in [6.07, 6.45) is 6.07. The molecule has 3 nitrogen and oxygen atoms in total. The summed E-state index contributed by atoms with van der Waals surface area (Å²) in [6, 6.07) is 1.72. The Hall–Kier alpha value is -0.100. The normalized spacial score (nSPS) is 28.2. The summed E-state index contributed by atoms with van der Waals surface area (Å²) < 4.78 is 27.5. The highest BCUT2D eigenvalue weighted by Crippen LogP contribution is 2.38. The van der Waals surface area contributed by atoms with Gasteiger partial charge in [-0.1, -0.05) is 19.3 Å². The highest BCUT2D eigenvalue weighted by atomic mass is 35.5. The van der Waals surface area contributed by atoms with E-state index in [1.165, 1.54) is 37.0 Å². The smallest absolute Gasteiger partial charge is 0.206 e. The van der Waals surface area contributed by atoms with Crippen LogP contribution in [0.15, 0.2) is 15.7 Å². The van der Waals surface area contributed by atoms with Crippen LogP contribution in [0.5, 0.6) is 0 Å². The maximum absolute atomic E-state index is 12.7. The molecule has 2 fully saturated rings. The fraction of sp³-hybridized carbons (Fsp3) is 0.714. The molecule has 2 aliphatic rings. The molecule has 2 heterocycles. The molecular formula is C14H20ClNO2S2. The first-order valence-corrected chi connectivity index (χ1v) is 10.1. The van der Waals surface area contributed by atoms with E-state index in [4.69, 9.17) is 11.6 Å². The highest BCUT2D eigenvalue weighted by molar-refractivity contribution is 7.91. The number of thiophene rings is 1. The van der Waals surface area contributed by atoms with E-state index in [9.17, 15) is 8.42 Å². The first-order valence-electron chi connectivity index (χ1n) is 7.25. The molecule has 0 N–H and O–H groups in total. The van der Waals surface area contributed by atoms with Crippen molar-refractivity contribution in [2.45, 2.75) is 42.2 Å². The Bertz CT molecular complexity index is 569. The molecule has 0 amide bonds. The number of hydrogen-bond donors (Lipinski definition) is 0. The van der Waals surface area contributed by atoms with Crippen molar-refractivity contribution in [3.63, 3.8) is 0 Å². The van der Waals surface area contributed by atoms with E-state index >= 15 is 0 Å². The number of fused-ring (bicyclic) bond motifs is 1. The lowest BCUT2D eigenvalue weighted by Crippen LogP contribution is -2.44. The summed E-state index contributed by atoms with van der Waals surface area (Å²) >= 11 is 7.06. The van der Waals surface area contributed by atoms with Crippen LogP contribution in [0, 0.1) is 11.8 Å². The number of hydrogen-bond acceptors (Lipinski definition) is 3. The van der Waals surface area contributed by atoms with Gasteiger partial charge in [0, 0.05) is 19.0 Å². The molecule has 0 aromatic carbocycles. The monoisotopic (exact) mass is 333 g/mol. The number of sulfonamides is 1. The van der Waals surface area contributed by atoms with Crippen molar-refractivity contribution in [2.75, 3.05) is 13.1 Å². The van der Waals surface area contributed by atoms with Crippen LogP contribution in [-0.4, -0.2) is 25.8 Å². The third-order valence-electron chi connectivity index (χ3n) is 4.63. The lowest BCUT2D eigenvalue weighted by atomic mass is 9.76. The third kappa shape index (κ3) is 2.78. The molecule has 0 bridgehead atoms. The molecule has 1 saturated heterocycles. The minimum atomic E-state index is -3.31. The summed E-state index contributed by atoms with van der Waals surface area (Å²) in [5.41, 5.74) is 0.891. The Morgan fingerprint density at radius 2 is 2.00 bits per heavy atom. The summed E-state index contributed by atoms with van der Waals surface area (Å²) in [4.78, 5) is 0. The summed E-state index contributed by atoms with van der Waals surface area (Å²) in [5.74, 6) is 1.69. The van der Waals surface area contributed by atoms with Gasteiger partial charge in [0.25, 0.3) is 10.0 Å². The summed E-state index contributed by atoms with van der Waals surface area (Å²) in [7, 11) is -3.31. The maximum Gasteiger partial charge on any atom is 0.252 e. The van der Waals surface area contributed by atoms with Crippen molar-refractivity contribution in [1.29, 1.82) is 0 Å². The molecule has 1 aliphatic carbocycles. The van der Waals surface area contributed by atoms with Crippen LogP contribution in [0.4, 0.5) is 0 Å². The SMILES string of the molecule is O=S(=O)(c1cc(CCl)cs1)N1CCC2CCCCC2C1. The third-order valence-corrected chi connectivity index (χ3v) is 8.27. The Morgan fingerprint density at radius 1 is 1.25 bits per heavy atom. The van der Waals surface area contributed by atoms with Gasteiger partial charge in [-0.3, -0.25) is 0 Å². The van der Waals surface area contributed by atoms with Crippen molar-refractivity contribution >= 4 is 33.0 Å². The van der Waals surface area contributed by atoms with E-state index in [-0.39, 0.29) is 0 Å². The molecule has 2 unspecified atom stereocenters. The quantitative estimate of drug-likeness (QED) is 0.791. The Balaban J connectivity index is 1.77. The van der Waals surface area contributed by atoms with Gasteiger partial charge in [-0.15, -0.1) is 22.9 Å². The average Bonchev–Trinajstić information content (AvgIpc) is 2.96. The highest BCUT2D eigenvalue weighted by Gasteiger charge is 2.36. The van der Waals surface area contributed by atoms with Gasteiger partial charge in [-0.25, -0.2) is 8.42 Å². The van der Waals surface area contributed by atoms with Crippen LogP contribution in [0.25, 0.3) is 0 Å². The molecule has 1 aromatic rings. The second-order valence-electron chi connectivity index (χ2n) is 5.86. The van der Waals surface area contributed by atoms with E-state index in [0.29, 0.717) is 29.1 Å². The molecule has 112 valence electrons. The molecule has 6 heteroatoms. The number of alkyl halides is 1. The minimum absolute atomic E-state index is 0.372. The first-order chi connectivity index (χ1) is 9.61. The van der Waals surface area contributed by atoms with Crippen LogP contribution >= 0.6 is 22.9 Å². The van der Waals surface area contributed by atoms with Crippen LogP contribution in [-0.2, 0) is 15.9 Å². The van der Waals surface area contributed by atoms with Crippen LogP contribution < -0.4 is 0 Å². The number of halogens is 1. The van der Waals surface area contributed by atoms with Crippen LogP contribution in [0.2, 0.25) is 0 Å². The predicted molar refractivity (Wildman–Crippen MR) is 82.7 cm³/mol. The van der Waals surface area contributed by atoms with Gasteiger partial charge >= 0.3 is 0 Å². The van der Waals surface area contributed by atoms with E-state index in [0.717, 1.165) is 17.9 Å². The molecular weight excluding hydrogens is 314 g/mol. The lowest BCUT2D eigenvalue weighted by molar-refractivity contribution is 0.136. The van der Waals surface area contributed by atoms with E-state index in [1.54, 1.807) is 10.4 Å². The molecule has 0 radical (unpaired) electrons. The lowest BCUT2D eigenvalue weighted by Gasteiger charge is -2.40. The van der Waals surface area contributed by atoms with Crippen molar-refractivity contribution in [3.05, 3.63) is 17.0 Å². The van der Waals surface area contributed by atoms with Gasteiger partial charge in [0.05, 0.1) is 0 Å². The zero-order valence-electron chi connectivity index (χ0n) is 11.4. The molecule has 1 saturated carbocycles. The van der Waals surface area contributed by atoms with Crippen molar-refractivity contribution in [2.24, 2.45) is 11.8 Å². The van der Waals surface area contributed by atoms with Gasteiger partial charge < -0.3 is 0 Å². The van der Waals surface area contributed by atoms with Crippen molar-refractivity contribution < 1.29 is 8.42 Å². The molecule has 3 rings (SSSR count). The minimum Gasteiger partial charge on any atom is -0.206 e. The fourth-order valence-electron chi connectivity index (χ4n) is 3.47. The largest absolute Gasteiger partial charge is 0.252 e. The maximum atomic E-state index is 12.7. The van der Waals surface area contributed by atoms with Gasteiger partial charge in [-0.2, -0.15) is 4.31 Å². The molecule has 1 aromatic heterocycles. The Labute approximate surface area is 130 Å². The fourth-order valence-corrected chi connectivity index (χ4v) is 6.59. The predicted octanol–water partition coefficient (Wildman–Crippen LogP) is 3.69. The molecule has 20 heavy (non-hydrogen) atoms. The second kappa shape index (κ2) is 5.95. The molecule has 1 aliphatic heterocycles. The summed E-state index contributed by atoms with van der Waals surface area (Å²) in [5, 5.41) is 1.84. The number of nitrogens with zero attached hydrogens (tertiary/aromatic N) is 1. The van der Waals surface area contributed by atoms with E-state index < -0.39 is 10.0 Å². The molecule has 2 atom stereocenters. The van der Waals surface area contributed by atoms with Gasteiger partial charge in [0.15, 0.2) is 0 Å². The zero-order valence-corrected chi connectivity index (χ0v) is 13.8. The van der Waals surface area contributed by atoms with Gasteiger partial charge in [0.1, 0.15) is 4.21 Å². The van der Waals surface area contributed by atoms with Crippen molar-refractivity contribution in [1.82, 2.24) is 4.31 Å². The topological polar surface area (TPSA) is 37.4 Å². The van der Waals surface area contributed by atoms with Gasteiger partial charge in [-0.05, 0) is 41.7 Å². The number of piperidine rings is 1. The average molecular weight is 334 g/mol. The zero-order chi connectivity index (χ0) is 14.2. The first kappa shape index (κ1) is 14.8. The van der Waals surface area contributed by atoms with Crippen LogP contribution in [0.3, 0.4) is 0 Å². The Kier molecular flexibility index (Phi) is 4.41. The Morgan fingerprint density at radius 3 is 2.70 bits per heavy atom. The van der Waals surface area contributed by atoms with Gasteiger partial charge in [0.2, 0.25) is 0 Å². The second-order valence-corrected chi connectivity index (χ2v) is 9.21. The standard InChI is InChI=1S/C14H20ClNO2S2/c15-8-11-7-14(19-10-11)20(17,18)16-6-5-12-3-1-2-4-13(12)9-16/h7,10,12-13H,1-6,8-9H2. The molecule has 0 spiro atoms. The van der Waals surface area contributed by atoms with Crippen LogP contribution in [0.1, 0.15) is 37.7 Å².